The van der Waals surface area contributed by atoms with Gasteiger partial charge in [-0.1, -0.05) is 0 Å². The molecule has 0 aliphatic heterocycles. The number of aromatic nitrogens is 4. The van der Waals surface area contributed by atoms with E-state index in [1.165, 1.54) is 11.8 Å². The first kappa shape index (κ1) is 10.1. The van der Waals surface area contributed by atoms with Crippen molar-refractivity contribution in [3.05, 3.63) is 18.1 Å². The number of anilines is 1. The molecule has 0 fully saturated rings. The van der Waals surface area contributed by atoms with Crippen molar-refractivity contribution in [2.45, 2.75) is 17.1 Å². The van der Waals surface area contributed by atoms with Crippen molar-refractivity contribution < 1.29 is 0 Å². The Morgan fingerprint density at radius 3 is 2.60 bits per heavy atom. The Morgan fingerprint density at radius 2 is 2.13 bits per heavy atom. The van der Waals surface area contributed by atoms with Crippen LogP contribution in [-0.4, -0.2) is 19.3 Å². The fourth-order valence-corrected chi connectivity index (χ4v) is 2.23. The summed E-state index contributed by atoms with van der Waals surface area (Å²) in [6, 6.07) is 0. The molecule has 0 amide bonds. The summed E-state index contributed by atoms with van der Waals surface area (Å²) in [5, 5.41) is 6.09. The van der Waals surface area contributed by atoms with Crippen LogP contribution in [0.3, 0.4) is 0 Å². The molecule has 0 bridgehead atoms. The van der Waals surface area contributed by atoms with Gasteiger partial charge < -0.3 is 10.3 Å². The number of hydrogen-bond acceptors (Lipinski definition) is 4. The Bertz CT molecular complexity index is 485. The van der Waals surface area contributed by atoms with Gasteiger partial charge in [-0.2, -0.15) is 5.10 Å². The van der Waals surface area contributed by atoms with Gasteiger partial charge in [0.2, 0.25) is 0 Å². The molecule has 2 aromatic rings. The first-order chi connectivity index (χ1) is 7.09. The van der Waals surface area contributed by atoms with E-state index in [1.54, 1.807) is 10.9 Å². The molecule has 0 atom stereocenters. The first-order valence-corrected chi connectivity index (χ1v) is 5.35. The molecular formula is C9H13N5S. The maximum absolute atomic E-state index is 5.93. The summed E-state index contributed by atoms with van der Waals surface area (Å²) < 4.78 is 3.73. The Hall–Kier alpha value is -1.43. The number of aryl methyl sites for hydroxylation is 3. The third kappa shape index (κ3) is 1.72. The molecule has 0 aromatic carbocycles. The van der Waals surface area contributed by atoms with Gasteiger partial charge in [0.25, 0.3) is 0 Å². The molecule has 0 spiro atoms. The zero-order chi connectivity index (χ0) is 11.0. The van der Waals surface area contributed by atoms with E-state index >= 15 is 0 Å². The quantitative estimate of drug-likeness (QED) is 0.831. The zero-order valence-electron chi connectivity index (χ0n) is 8.93. The van der Waals surface area contributed by atoms with E-state index in [9.17, 15) is 0 Å². The number of nitrogens with two attached hydrogens (primary N) is 1. The van der Waals surface area contributed by atoms with Crippen molar-refractivity contribution in [2.75, 3.05) is 5.73 Å². The van der Waals surface area contributed by atoms with Gasteiger partial charge in [-0.15, -0.1) is 0 Å². The summed E-state index contributed by atoms with van der Waals surface area (Å²) in [7, 11) is 3.84. The highest BCUT2D eigenvalue weighted by Crippen LogP contribution is 2.31. The molecule has 0 aliphatic carbocycles. The highest BCUT2D eigenvalue weighted by Gasteiger charge is 2.13. The van der Waals surface area contributed by atoms with E-state index in [0.29, 0.717) is 0 Å². The molecule has 2 N–H and O–H groups in total. The van der Waals surface area contributed by atoms with Crippen LogP contribution in [-0.2, 0) is 14.1 Å². The van der Waals surface area contributed by atoms with Gasteiger partial charge in [0.15, 0.2) is 5.16 Å². The fraction of sp³-hybridized carbons (Fsp3) is 0.333. The lowest BCUT2D eigenvalue weighted by Gasteiger charge is -2.02. The molecule has 0 aliphatic rings. The molecule has 5 nitrogen and oxygen atoms in total. The van der Waals surface area contributed by atoms with Gasteiger partial charge >= 0.3 is 0 Å². The number of imidazole rings is 1. The second-order valence-electron chi connectivity index (χ2n) is 3.35. The van der Waals surface area contributed by atoms with Crippen LogP contribution in [0, 0.1) is 6.92 Å². The number of nitrogen functional groups attached to an aromatic ring is 1. The normalized spacial score (nSPS) is 10.9. The van der Waals surface area contributed by atoms with Crippen LogP contribution < -0.4 is 5.73 Å². The maximum Gasteiger partial charge on any atom is 0.174 e. The van der Waals surface area contributed by atoms with E-state index in [-0.39, 0.29) is 0 Å². The topological polar surface area (TPSA) is 61.7 Å². The molecule has 0 radical (unpaired) electrons. The lowest BCUT2D eigenvalue weighted by molar-refractivity contribution is 0.689. The first-order valence-electron chi connectivity index (χ1n) is 4.54. The van der Waals surface area contributed by atoms with Gasteiger partial charge in [0, 0.05) is 26.5 Å². The standard InChI is InChI=1S/C9H13N5S/c1-6-7(10)8(14(3)12-6)15-9-11-4-5-13(9)2/h4-5H,10H2,1-3H3. The molecule has 2 rings (SSSR count). The minimum Gasteiger partial charge on any atom is -0.395 e. The average molecular weight is 223 g/mol. The number of hydrogen-bond donors (Lipinski definition) is 1. The molecule has 6 heteroatoms. The molecular weight excluding hydrogens is 210 g/mol. The van der Waals surface area contributed by atoms with Crippen LogP contribution in [0.15, 0.2) is 22.6 Å². The summed E-state index contributed by atoms with van der Waals surface area (Å²) in [6.07, 6.45) is 3.67. The summed E-state index contributed by atoms with van der Waals surface area (Å²) in [6.45, 7) is 1.90. The summed E-state index contributed by atoms with van der Waals surface area (Å²) in [5.41, 5.74) is 7.51. The second-order valence-corrected chi connectivity index (χ2v) is 4.31. The SMILES string of the molecule is Cc1nn(C)c(Sc2nccn2C)c1N. The van der Waals surface area contributed by atoms with E-state index in [2.05, 4.69) is 10.1 Å². The van der Waals surface area contributed by atoms with Gasteiger partial charge in [-0.3, -0.25) is 4.68 Å². The Kier molecular flexibility index (Phi) is 2.44. The third-order valence-electron chi connectivity index (χ3n) is 2.18. The molecule has 0 saturated heterocycles. The van der Waals surface area contributed by atoms with Crippen LogP contribution in [0.5, 0.6) is 0 Å². The highest BCUT2D eigenvalue weighted by atomic mass is 32.2. The minimum absolute atomic E-state index is 0.727. The van der Waals surface area contributed by atoms with Crippen molar-refractivity contribution in [2.24, 2.45) is 14.1 Å². The molecule has 15 heavy (non-hydrogen) atoms. The summed E-state index contributed by atoms with van der Waals surface area (Å²) >= 11 is 1.52. The molecule has 2 aromatic heterocycles. The molecule has 2 heterocycles. The average Bonchev–Trinajstić information content (AvgIpc) is 2.67. The summed E-state index contributed by atoms with van der Waals surface area (Å²) in [5.74, 6) is 0. The van der Waals surface area contributed by atoms with Crippen LogP contribution in [0.2, 0.25) is 0 Å². The monoisotopic (exact) mass is 223 g/mol. The van der Waals surface area contributed by atoms with E-state index in [1.807, 2.05) is 31.8 Å². The van der Waals surface area contributed by atoms with Gasteiger partial charge in [-0.25, -0.2) is 4.98 Å². The van der Waals surface area contributed by atoms with Gasteiger partial charge in [-0.05, 0) is 18.7 Å². The van der Waals surface area contributed by atoms with Crippen LogP contribution >= 0.6 is 11.8 Å². The van der Waals surface area contributed by atoms with E-state index in [4.69, 9.17) is 5.73 Å². The van der Waals surface area contributed by atoms with E-state index < -0.39 is 0 Å². The predicted octanol–water partition coefficient (Wildman–Crippen LogP) is 1.20. The second kappa shape index (κ2) is 3.62. The highest BCUT2D eigenvalue weighted by molar-refractivity contribution is 7.99. The lowest BCUT2D eigenvalue weighted by atomic mass is 10.4. The van der Waals surface area contributed by atoms with Crippen molar-refractivity contribution in [3.8, 4) is 0 Å². The molecule has 0 unspecified atom stereocenters. The largest absolute Gasteiger partial charge is 0.395 e. The van der Waals surface area contributed by atoms with Gasteiger partial charge in [0.1, 0.15) is 5.03 Å². The van der Waals surface area contributed by atoms with Crippen LogP contribution in [0.4, 0.5) is 5.69 Å². The predicted molar refractivity (Wildman–Crippen MR) is 59.7 cm³/mol. The van der Waals surface area contributed by atoms with Crippen LogP contribution in [0.25, 0.3) is 0 Å². The zero-order valence-corrected chi connectivity index (χ0v) is 9.75. The number of nitrogens with zero attached hydrogens (tertiary/aromatic N) is 4. The molecule has 0 saturated carbocycles. The van der Waals surface area contributed by atoms with Crippen LogP contribution in [0.1, 0.15) is 5.69 Å². The van der Waals surface area contributed by atoms with Crippen molar-refractivity contribution in [3.63, 3.8) is 0 Å². The smallest absolute Gasteiger partial charge is 0.174 e. The van der Waals surface area contributed by atoms with Crippen molar-refractivity contribution >= 4 is 17.4 Å². The fourth-order valence-electron chi connectivity index (χ4n) is 1.31. The van der Waals surface area contributed by atoms with Gasteiger partial charge in [0.05, 0.1) is 11.4 Å². The number of rotatable bonds is 2. The Balaban J connectivity index is 2.36. The van der Waals surface area contributed by atoms with E-state index in [0.717, 1.165) is 21.6 Å². The van der Waals surface area contributed by atoms with Crippen molar-refractivity contribution in [1.29, 1.82) is 0 Å². The van der Waals surface area contributed by atoms with Crippen molar-refractivity contribution in [1.82, 2.24) is 19.3 Å². The Labute approximate surface area is 92.3 Å². The summed E-state index contributed by atoms with van der Waals surface area (Å²) in [4.78, 5) is 4.23. The third-order valence-corrected chi connectivity index (χ3v) is 3.43. The Morgan fingerprint density at radius 1 is 1.40 bits per heavy atom. The minimum atomic E-state index is 0.727. The maximum atomic E-state index is 5.93. The lowest BCUT2D eigenvalue weighted by Crippen LogP contribution is -1.96. The molecule has 80 valence electrons.